The highest BCUT2D eigenvalue weighted by atomic mass is 16.1. The van der Waals surface area contributed by atoms with Crippen LogP contribution in [0.1, 0.15) is 53.9 Å². The molecule has 0 radical (unpaired) electrons. The Hall–Kier alpha value is -0.330. The largest absolute Gasteiger partial charge is 0.299 e. The Morgan fingerprint density at radius 2 is 1.67 bits per heavy atom. The Balaban J connectivity index is 2.54. The summed E-state index contributed by atoms with van der Waals surface area (Å²) >= 11 is 0. The molecule has 1 aliphatic carbocycles. The van der Waals surface area contributed by atoms with E-state index in [2.05, 4.69) is 34.6 Å². The van der Waals surface area contributed by atoms with Gasteiger partial charge in [-0.3, -0.25) is 4.79 Å². The second kappa shape index (κ2) is 5.14. The second-order valence-electron chi connectivity index (χ2n) is 5.90. The average molecular weight is 210 g/mol. The maximum atomic E-state index is 12.2. The van der Waals surface area contributed by atoms with Crippen LogP contribution in [0.4, 0.5) is 0 Å². The Morgan fingerprint density at radius 3 is 2.13 bits per heavy atom. The molecule has 1 heteroatoms. The fourth-order valence-electron chi connectivity index (χ4n) is 2.51. The third-order valence-corrected chi connectivity index (χ3v) is 4.45. The van der Waals surface area contributed by atoms with Crippen LogP contribution in [0.15, 0.2) is 0 Å². The number of hydrogen-bond acceptors (Lipinski definition) is 1. The van der Waals surface area contributed by atoms with Crippen LogP contribution in [0, 0.1) is 29.6 Å². The lowest BCUT2D eigenvalue weighted by atomic mass is 9.71. The molecule has 1 saturated carbocycles. The van der Waals surface area contributed by atoms with Gasteiger partial charge in [0.2, 0.25) is 0 Å². The number of rotatable bonds is 3. The molecule has 0 heterocycles. The maximum Gasteiger partial charge on any atom is 0.139 e. The normalized spacial score (nSPS) is 34.1. The molecule has 1 nitrogen and oxygen atoms in total. The molecule has 0 aromatic carbocycles. The second-order valence-corrected chi connectivity index (χ2v) is 5.90. The van der Waals surface area contributed by atoms with Crippen molar-refractivity contribution >= 4 is 5.78 Å². The van der Waals surface area contributed by atoms with Gasteiger partial charge in [0.15, 0.2) is 0 Å². The molecule has 4 unspecified atom stereocenters. The summed E-state index contributed by atoms with van der Waals surface area (Å²) in [4.78, 5) is 12.2. The van der Waals surface area contributed by atoms with Gasteiger partial charge in [0.1, 0.15) is 5.78 Å². The highest BCUT2D eigenvalue weighted by Gasteiger charge is 2.31. The summed E-state index contributed by atoms with van der Waals surface area (Å²) < 4.78 is 0. The van der Waals surface area contributed by atoms with Gasteiger partial charge in [-0.2, -0.15) is 0 Å². The lowest BCUT2D eigenvalue weighted by Crippen LogP contribution is -2.31. The summed E-state index contributed by atoms with van der Waals surface area (Å²) in [7, 11) is 0. The number of ketones is 1. The number of carbonyl (C=O) groups excluding carboxylic acids is 1. The highest BCUT2D eigenvalue weighted by molar-refractivity contribution is 5.83. The predicted molar refractivity (Wildman–Crippen MR) is 64.7 cm³/mol. The lowest BCUT2D eigenvalue weighted by molar-refractivity contribution is -0.129. The van der Waals surface area contributed by atoms with Gasteiger partial charge in [-0.1, -0.05) is 34.6 Å². The first-order valence-corrected chi connectivity index (χ1v) is 6.47. The third-order valence-electron chi connectivity index (χ3n) is 4.45. The number of carbonyl (C=O) groups is 1. The molecule has 0 aromatic rings. The van der Waals surface area contributed by atoms with Crippen LogP contribution in [-0.4, -0.2) is 5.78 Å². The molecule has 0 spiro atoms. The standard InChI is InChI=1S/C14H26O/c1-9(2)12(5)14(15)13-7-6-10(3)11(4)8-13/h9-13H,6-8H2,1-5H3. The molecule has 0 bridgehead atoms. The van der Waals surface area contributed by atoms with Crippen LogP contribution in [0.5, 0.6) is 0 Å². The van der Waals surface area contributed by atoms with Crippen LogP contribution < -0.4 is 0 Å². The van der Waals surface area contributed by atoms with Crippen LogP contribution in [-0.2, 0) is 4.79 Å². The summed E-state index contributed by atoms with van der Waals surface area (Å²) in [5.41, 5.74) is 0. The van der Waals surface area contributed by atoms with Gasteiger partial charge in [-0.25, -0.2) is 0 Å². The van der Waals surface area contributed by atoms with E-state index in [1.54, 1.807) is 0 Å². The van der Waals surface area contributed by atoms with Crippen molar-refractivity contribution in [1.82, 2.24) is 0 Å². The van der Waals surface area contributed by atoms with Gasteiger partial charge in [0, 0.05) is 11.8 Å². The topological polar surface area (TPSA) is 17.1 Å². The molecule has 0 N–H and O–H groups in total. The van der Waals surface area contributed by atoms with Crippen molar-refractivity contribution in [2.45, 2.75) is 53.9 Å². The number of hydrogen-bond donors (Lipinski definition) is 0. The van der Waals surface area contributed by atoms with E-state index < -0.39 is 0 Å². The van der Waals surface area contributed by atoms with Crippen molar-refractivity contribution in [3.63, 3.8) is 0 Å². The van der Waals surface area contributed by atoms with Gasteiger partial charge in [-0.15, -0.1) is 0 Å². The zero-order valence-electron chi connectivity index (χ0n) is 10.9. The first-order valence-electron chi connectivity index (χ1n) is 6.47. The van der Waals surface area contributed by atoms with Gasteiger partial charge in [-0.05, 0) is 37.0 Å². The quantitative estimate of drug-likeness (QED) is 0.690. The van der Waals surface area contributed by atoms with E-state index in [9.17, 15) is 4.79 Å². The molecule has 1 aliphatic rings. The first kappa shape index (κ1) is 12.7. The van der Waals surface area contributed by atoms with Crippen LogP contribution in [0.2, 0.25) is 0 Å². The van der Waals surface area contributed by atoms with Crippen molar-refractivity contribution in [2.75, 3.05) is 0 Å². The summed E-state index contributed by atoms with van der Waals surface area (Å²) in [6, 6.07) is 0. The minimum absolute atomic E-state index is 0.246. The van der Waals surface area contributed by atoms with Crippen LogP contribution >= 0.6 is 0 Å². The fourth-order valence-corrected chi connectivity index (χ4v) is 2.51. The SMILES string of the molecule is CC(C)C(C)C(=O)C1CCC(C)C(C)C1. The zero-order chi connectivity index (χ0) is 11.6. The minimum atomic E-state index is 0.246. The molecular formula is C14H26O. The van der Waals surface area contributed by atoms with Crippen molar-refractivity contribution in [1.29, 1.82) is 0 Å². The summed E-state index contributed by atoms with van der Waals surface area (Å²) in [6.45, 7) is 11.0. The van der Waals surface area contributed by atoms with E-state index in [-0.39, 0.29) is 5.92 Å². The molecule has 15 heavy (non-hydrogen) atoms. The van der Waals surface area contributed by atoms with Crippen LogP contribution in [0.3, 0.4) is 0 Å². The Bertz CT molecular complexity index is 219. The zero-order valence-corrected chi connectivity index (χ0v) is 10.9. The van der Waals surface area contributed by atoms with Gasteiger partial charge < -0.3 is 0 Å². The van der Waals surface area contributed by atoms with E-state index in [0.29, 0.717) is 17.6 Å². The molecule has 0 saturated heterocycles. The van der Waals surface area contributed by atoms with Gasteiger partial charge in [0.25, 0.3) is 0 Å². The Kier molecular flexibility index (Phi) is 4.36. The molecule has 0 aliphatic heterocycles. The van der Waals surface area contributed by atoms with E-state index in [1.807, 2.05) is 0 Å². The van der Waals surface area contributed by atoms with Gasteiger partial charge >= 0.3 is 0 Å². The van der Waals surface area contributed by atoms with Crippen molar-refractivity contribution in [2.24, 2.45) is 29.6 Å². The predicted octanol–water partition coefficient (Wildman–Crippen LogP) is 3.92. The monoisotopic (exact) mass is 210 g/mol. The summed E-state index contributed by atoms with van der Waals surface area (Å²) in [5.74, 6) is 3.15. The average Bonchev–Trinajstić information content (AvgIpc) is 2.19. The molecule has 4 atom stereocenters. The molecule has 88 valence electrons. The van der Waals surface area contributed by atoms with E-state index >= 15 is 0 Å². The molecule has 1 fully saturated rings. The molecular weight excluding hydrogens is 184 g/mol. The maximum absolute atomic E-state index is 12.2. The van der Waals surface area contributed by atoms with Gasteiger partial charge in [0.05, 0.1) is 0 Å². The highest BCUT2D eigenvalue weighted by Crippen LogP contribution is 2.35. The lowest BCUT2D eigenvalue weighted by Gasteiger charge is -2.33. The smallest absolute Gasteiger partial charge is 0.139 e. The summed E-state index contributed by atoms with van der Waals surface area (Å²) in [5, 5.41) is 0. The molecule has 0 amide bonds. The first-order chi connectivity index (χ1) is 6.93. The summed E-state index contributed by atoms with van der Waals surface area (Å²) in [6.07, 6.45) is 3.49. The van der Waals surface area contributed by atoms with Crippen molar-refractivity contribution < 1.29 is 4.79 Å². The van der Waals surface area contributed by atoms with Crippen LogP contribution in [0.25, 0.3) is 0 Å². The Morgan fingerprint density at radius 1 is 1.07 bits per heavy atom. The fraction of sp³-hybridized carbons (Fsp3) is 0.929. The van der Waals surface area contributed by atoms with Crippen molar-refractivity contribution in [3.05, 3.63) is 0 Å². The Labute approximate surface area is 94.6 Å². The van der Waals surface area contributed by atoms with E-state index in [4.69, 9.17) is 0 Å². The minimum Gasteiger partial charge on any atom is -0.299 e. The van der Waals surface area contributed by atoms with E-state index in [0.717, 1.165) is 24.7 Å². The number of Topliss-reactive ketones (excluding diaryl/α,β-unsaturated/α-hetero) is 1. The molecule has 0 aromatic heterocycles. The third kappa shape index (κ3) is 3.06. The van der Waals surface area contributed by atoms with E-state index in [1.165, 1.54) is 6.42 Å². The molecule has 1 rings (SSSR count). The van der Waals surface area contributed by atoms with Crippen molar-refractivity contribution in [3.8, 4) is 0 Å².